The SMILES string of the molecule is COc1ccc(N2C[C@H](C(=O)NCCn3cccc3)CC2=O)cc1Cl. The summed E-state index contributed by atoms with van der Waals surface area (Å²) in [5.41, 5.74) is 0.679. The van der Waals surface area contributed by atoms with Crippen LogP contribution in [0.2, 0.25) is 5.02 Å². The van der Waals surface area contributed by atoms with E-state index < -0.39 is 0 Å². The molecule has 0 aliphatic carbocycles. The number of methoxy groups -OCH3 is 1. The van der Waals surface area contributed by atoms with Gasteiger partial charge >= 0.3 is 0 Å². The van der Waals surface area contributed by atoms with Crippen LogP contribution in [0, 0.1) is 5.92 Å². The van der Waals surface area contributed by atoms with Crippen LogP contribution in [-0.4, -0.2) is 36.6 Å². The molecule has 1 saturated heterocycles. The maximum absolute atomic E-state index is 12.3. The fourth-order valence-corrected chi connectivity index (χ4v) is 3.18. The first-order valence-electron chi connectivity index (χ1n) is 8.11. The van der Waals surface area contributed by atoms with Crippen LogP contribution in [0.3, 0.4) is 0 Å². The summed E-state index contributed by atoms with van der Waals surface area (Å²) in [4.78, 5) is 26.2. The van der Waals surface area contributed by atoms with Crippen molar-refractivity contribution in [1.82, 2.24) is 9.88 Å². The number of nitrogens with one attached hydrogen (secondary N) is 1. The molecule has 1 fully saturated rings. The third kappa shape index (κ3) is 3.96. The first-order valence-corrected chi connectivity index (χ1v) is 8.48. The monoisotopic (exact) mass is 361 g/mol. The minimum atomic E-state index is -0.349. The summed E-state index contributed by atoms with van der Waals surface area (Å²) in [6.45, 7) is 1.60. The Kier molecular flexibility index (Phi) is 5.28. The number of ether oxygens (including phenoxy) is 1. The van der Waals surface area contributed by atoms with Gasteiger partial charge in [-0.2, -0.15) is 0 Å². The van der Waals surface area contributed by atoms with Gasteiger partial charge < -0.3 is 19.5 Å². The van der Waals surface area contributed by atoms with Gasteiger partial charge in [0.2, 0.25) is 11.8 Å². The molecular weight excluding hydrogens is 342 g/mol. The third-order valence-electron chi connectivity index (χ3n) is 4.28. The summed E-state index contributed by atoms with van der Waals surface area (Å²) >= 11 is 6.13. The molecule has 3 rings (SSSR count). The molecule has 25 heavy (non-hydrogen) atoms. The van der Waals surface area contributed by atoms with Gasteiger partial charge in [-0.05, 0) is 30.3 Å². The molecular formula is C18H20ClN3O3. The van der Waals surface area contributed by atoms with Gasteiger partial charge in [-0.25, -0.2) is 0 Å². The topological polar surface area (TPSA) is 63.6 Å². The second-order valence-electron chi connectivity index (χ2n) is 5.94. The molecule has 1 aromatic heterocycles. The molecule has 1 N–H and O–H groups in total. The Morgan fingerprint density at radius 1 is 1.36 bits per heavy atom. The zero-order valence-electron chi connectivity index (χ0n) is 13.9. The Labute approximate surface area is 151 Å². The van der Waals surface area contributed by atoms with Gasteiger partial charge in [-0.3, -0.25) is 9.59 Å². The largest absolute Gasteiger partial charge is 0.495 e. The number of aromatic nitrogens is 1. The van der Waals surface area contributed by atoms with Crippen LogP contribution in [0.1, 0.15) is 6.42 Å². The van der Waals surface area contributed by atoms with Crippen LogP contribution in [0.15, 0.2) is 42.7 Å². The number of carbonyl (C=O) groups excluding carboxylic acids is 2. The lowest BCUT2D eigenvalue weighted by Gasteiger charge is -2.18. The Morgan fingerprint density at radius 3 is 2.80 bits per heavy atom. The lowest BCUT2D eigenvalue weighted by atomic mass is 10.1. The molecule has 7 heteroatoms. The van der Waals surface area contributed by atoms with Gasteiger partial charge in [0.1, 0.15) is 5.75 Å². The van der Waals surface area contributed by atoms with Crippen LogP contribution in [0.25, 0.3) is 0 Å². The summed E-state index contributed by atoms with van der Waals surface area (Å²) in [6.07, 6.45) is 4.10. The number of hydrogen-bond acceptors (Lipinski definition) is 3. The van der Waals surface area contributed by atoms with E-state index in [4.69, 9.17) is 16.3 Å². The van der Waals surface area contributed by atoms with Crippen molar-refractivity contribution in [3.8, 4) is 5.75 Å². The summed E-state index contributed by atoms with van der Waals surface area (Å²) in [5, 5.41) is 3.34. The van der Waals surface area contributed by atoms with Crippen LogP contribution >= 0.6 is 11.6 Å². The number of rotatable bonds is 6. The summed E-state index contributed by atoms with van der Waals surface area (Å²) < 4.78 is 7.11. The average molecular weight is 362 g/mol. The van der Waals surface area contributed by atoms with Crippen molar-refractivity contribution in [2.75, 3.05) is 25.1 Å². The quantitative estimate of drug-likeness (QED) is 0.858. The van der Waals surface area contributed by atoms with Crippen molar-refractivity contribution in [2.45, 2.75) is 13.0 Å². The zero-order valence-corrected chi connectivity index (χ0v) is 14.7. The van der Waals surface area contributed by atoms with Gasteiger partial charge in [-0.1, -0.05) is 11.6 Å². The molecule has 0 spiro atoms. The number of benzene rings is 1. The maximum Gasteiger partial charge on any atom is 0.227 e. The van der Waals surface area contributed by atoms with Crippen LogP contribution in [0.4, 0.5) is 5.69 Å². The number of nitrogens with zero attached hydrogens (tertiary/aromatic N) is 2. The van der Waals surface area contributed by atoms with E-state index in [-0.39, 0.29) is 24.2 Å². The highest BCUT2D eigenvalue weighted by Crippen LogP contribution is 2.32. The average Bonchev–Trinajstić information content (AvgIpc) is 3.24. The number of anilines is 1. The number of halogens is 1. The molecule has 1 aliphatic rings. The predicted molar refractivity (Wildman–Crippen MR) is 95.9 cm³/mol. The van der Waals surface area contributed by atoms with Crippen molar-refractivity contribution < 1.29 is 14.3 Å². The van der Waals surface area contributed by atoms with E-state index in [2.05, 4.69) is 5.32 Å². The number of hydrogen-bond donors (Lipinski definition) is 1. The summed E-state index contributed by atoms with van der Waals surface area (Å²) in [7, 11) is 1.54. The Hall–Kier alpha value is -2.47. The standard InChI is InChI=1S/C18H20ClN3O3/c1-25-16-5-4-14(11-15(16)19)22-12-13(10-17(22)23)18(24)20-6-9-21-7-2-3-8-21/h2-5,7-8,11,13H,6,9-10,12H2,1H3,(H,20,24)/t13-/m1/s1. The van der Waals surface area contributed by atoms with Gasteiger partial charge in [0.25, 0.3) is 0 Å². The smallest absolute Gasteiger partial charge is 0.227 e. The second-order valence-corrected chi connectivity index (χ2v) is 6.34. The highest BCUT2D eigenvalue weighted by Gasteiger charge is 2.35. The molecule has 0 saturated carbocycles. The summed E-state index contributed by atoms with van der Waals surface area (Å²) in [6, 6.07) is 9.06. The van der Waals surface area contributed by atoms with E-state index in [1.165, 1.54) is 7.11 Å². The van der Waals surface area contributed by atoms with Crippen molar-refractivity contribution in [3.05, 3.63) is 47.7 Å². The van der Waals surface area contributed by atoms with E-state index >= 15 is 0 Å². The number of amides is 2. The highest BCUT2D eigenvalue weighted by molar-refractivity contribution is 6.32. The van der Waals surface area contributed by atoms with E-state index in [1.807, 2.05) is 29.1 Å². The zero-order chi connectivity index (χ0) is 17.8. The molecule has 2 aromatic rings. The van der Waals surface area contributed by atoms with Gasteiger partial charge in [0.15, 0.2) is 0 Å². The van der Waals surface area contributed by atoms with Crippen LogP contribution in [0.5, 0.6) is 5.75 Å². The van der Waals surface area contributed by atoms with Crippen molar-refractivity contribution >= 4 is 29.1 Å². The fraction of sp³-hybridized carbons (Fsp3) is 0.333. The molecule has 2 heterocycles. The van der Waals surface area contributed by atoms with E-state index in [1.54, 1.807) is 23.1 Å². The van der Waals surface area contributed by atoms with E-state index in [0.717, 1.165) is 0 Å². The first kappa shape index (κ1) is 17.4. The molecule has 132 valence electrons. The predicted octanol–water partition coefficient (Wildman–Crippen LogP) is 2.32. The van der Waals surface area contributed by atoms with Gasteiger partial charge in [0.05, 0.1) is 18.1 Å². The molecule has 0 unspecified atom stereocenters. The van der Waals surface area contributed by atoms with Crippen LogP contribution in [-0.2, 0) is 16.1 Å². The van der Waals surface area contributed by atoms with Gasteiger partial charge in [-0.15, -0.1) is 0 Å². The Bertz CT molecular complexity index is 761. The molecule has 6 nitrogen and oxygen atoms in total. The molecule has 0 bridgehead atoms. The normalized spacial score (nSPS) is 17.0. The van der Waals surface area contributed by atoms with E-state index in [9.17, 15) is 9.59 Å². The molecule has 1 atom stereocenters. The maximum atomic E-state index is 12.3. The third-order valence-corrected chi connectivity index (χ3v) is 4.57. The lowest BCUT2D eigenvalue weighted by Crippen LogP contribution is -2.34. The van der Waals surface area contributed by atoms with Crippen molar-refractivity contribution in [2.24, 2.45) is 5.92 Å². The first-order chi connectivity index (χ1) is 12.1. The molecule has 2 amide bonds. The molecule has 1 aliphatic heterocycles. The summed E-state index contributed by atoms with van der Waals surface area (Å²) in [5.74, 6) is 0.0313. The van der Waals surface area contributed by atoms with E-state index in [0.29, 0.717) is 36.1 Å². The molecule has 0 radical (unpaired) electrons. The Morgan fingerprint density at radius 2 is 2.12 bits per heavy atom. The molecule has 1 aromatic carbocycles. The highest BCUT2D eigenvalue weighted by atomic mass is 35.5. The minimum Gasteiger partial charge on any atom is -0.495 e. The van der Waals surface area contributed by atoms with Crippen molar-refractivity contribution in [1.29, 1.82) is 0 Å². The minimum absolute atomic E-state index is 0.0770. The van der Waals surface area contributed by atoms with Crippen molar-refractivity contribution in [3.63, 3.8) is 0 Å². The number of carbonyl (C=O) groups is 2. The van der Waals surface area contributed by atoms with Crippen LogP contribution < -0.4 is 15.0 Å². The van der Waals surface area contributed by atoms with Gasteiger partial charge in [0, 0.05) is 44.1 Å². The lowest BCUT2D eigenvalue weighted by molar-refractivity contribution is -0.126. The fourth-order valence-electron chi connectivity index (χ4n) is 2.93. The Balaban J connectivity index is 1.58. The second kappa shape index (κ2) is 7.61.